The van der Waals surface area contributed by atoms with Crippen LogP contribution < -0.4 is 15.4 Å². The molecule has 0 fully saturated rings. The summed E-state index contributed by atoms with van der Waals surface area (Å²) >= 11 is 6.03. The molecule has 4 nitrogen and oxygen atoms in total. The molecule has 0 aliphatic rings. The van der Waals surface area contributed by atoms with Crippen molar-refractivity contribution < 1.29 is 18.3 Å². The van der Waals surface area contributed by atoms with Crippen molar-refractivity contribution in [1.82, 2.24) is 5.32 Å². The van der Waals surface area contributed by atoms with E-state index in [9.17, 15) is 13.6 Å². The smallest absolute Gasteiger partial charge is 0.238 e. The Hall–Kier alpha value is -2.18. The first-order valence-electron chi connectivity index (χ1n) is 7.64. The standard InChI is InChI=1S/C18H19ClF2N2O2/c1-10-6-16(17(25-3)8-14(10)19)23-18(24)9-22-11(2)13-5-4-12(20)7-15(13)21/h4-8,11,22H,9H2,1-3H3,(H,23,24)/t11-/m0/s1. The minimum absolute atomic E-state index is 0.0528. The summed E-state index contributed by atoms with van der Waals surface area (Å²) in [4.78, 5) is 12.1. The minimum atomic E-state index is -0.657. The molecule has 134 valence electrons. The Morgan fingerprint density at radius 3 is 2.64 bits per heavy atom. The van der Waals surface area contributed by atoms with Crippen LogP contribution in [0.15, 0.2) is 30.3 Å². The van der Waals surface area contributed by atoms with Gasteiger partial charge in [0.15, 0.2) is 0 Å². The SMILES string of the molecule is COc1cc(Cl)c(C)cc1NC(=O)CN[C@@H](C)c1ccc(F)cc1F. The third-order valence-corrected chi connectivity index (χ3v) is 4.16. The quantitative estimate of drug-likeness (QED) is 0.802. The Morgan fingerprint density at radius 1 is 1.28 bits per heavy atom. The molecule has 2 rings (SSSR count). The van der Waals surface area contributed by atoms with Crippen LogP contribution in [-0.4, -0.2) is 19.6 Å². The number of aryl methyl sites for hydroxylation is 1. The fourth-order valence-electron chi connectivity index (χ4n) is 2.33. The normalized spacial score (nSPS) is 11.9. The summed E-state index contributed by atoms with van der Waals surface area (Å²) in [6.45, 7) is 3.45. The number of hydrogen-bond donors (Lipinski definition) is 2. The second-order valence-corrected chi connectivity index (χ2v) is 6.03. The number of methoxy groups -OCH3 is 1. The summed E-state index contributed by atoms with van der Waals surface area (Å²) in [7, 11) is 1.48. The number of hydrogen-bond acceptors (Lipinski definition) is 3. The van der Waals surface area contributed by atoms with E-state index >= 15 is 0 Å². The summed E-state index contributed by atoms with van der Waals surface area (Å²) in [6.07, 6.45) is 0. The van der Waals surface area contributed by atoms with Gasteiger partial charge in [0.05, 0.1) is 19.3 Å². The van der Waals surface area contributed by atoms with Crippen molar-refractivity contribution in [3.8, 4) is 5.75 Å². The van der Waals surface area contributed by atoms with Gasteiger partial charge in [-0.15, -0.1) is 0 Å². The summed E-state index contributed by atoms with van der Waals surface area (Å²) in [5.41, 5.74) is 1.58. The van der Waals surface area contributed by atoms with Crippen molar-refractivity contribution in [2.75, 3.05) is 19.0 Å². The van der Waals surface area contributed by atoms with E-state index < -0.39 is 17.7 Å². The van der Waals surface area contributed by atoms with Crippen LogP contribution in [0, 0.1) is 18.6 Å². The third-order valence-electron chi connectivity index (χ3n) is 3.75. The molecule has 0 spiro atoms. The van der Waals surface area contributed by atoms with Crippen LogP contribution in [0.1, 0.15) is 24.1 Å². The van der Waals surface area contributed by atoms with Crippen LogP contribution >= 0.6 is 11.6 Å². The maximum absolute atomic E-state index is 13.7. The van der Waals surface area contributed by atoms with Gasteiger partial charge in [-0.25, -0.2) is 8.78 Å². The number of carbonyl (C=O) groups excluding carboxylic acids is 1. The highest BCUT2D eigenvalue weighted by Gasteiger charge is 2.14. The number of rotatable bonds is 6. The summed E-state index contributed by atoms with van der Waals surface area (Å²) < 4.78 is 31.9. The molecule has 0 saturated heterocycles. The largest absolute Gasteiger partial charge is 0.495 e. The van der Waals surface area contributed by atoms with E-state index in [0.29, 0.717) is 16.5 Å². The molecule has 2 N–H and O–H groups in total. The number of anilines is 1. The Kier molecular flexibility index (Phi) is 6.33. The van der Waals surface area contributed by atoms with Crippen LogP contribution in [0.25, 0.3) is 0 Å². The lowest BCUT2D eigenvalue weighted by atomic mass is 10.1. The van der Waals surface area contributed by atoms with E-state index in [1.165, 1.54) is 19.2 Å². The van der Waals surface area contributed by atoms with Crippen LogP contribution in [-0.2, 0) is 4.79 Å². The average Bonchev–Trinajstić information content (AvgIpc) is 2.55. The molecule has 2 aromatic carbocycles. The van der Waals surface area contributed by atoms with Gasteiger partial charge in [0.1, 0.15) is 17.4 Å². The van der Waals surface area contributed by atoms with Gasteiger partial charge in [0.2, 0.25) is 5.91 Å². The average molecular weight is 369 g/mol. The Morgan fingerprint density at radius 2 is 2.00 bits per heavy atom. The first-order chi connectivity index (χ1) is 11.8. The molecule has 1 atom stereocenters. The first kappa shape index (κ1) is 19.1. The maximum Gasteiger partial charge on any atom is 0.238 e. The molecule has 25 heavy (non-hydrogen) atoms. The van der Waals surface area contributed by atoms with Crippen molar-refractivity contribution in [3.05, 3.63) is 58.1 Å². The molecule has 7 heteroatoms. The van der Waals surface area contributed by atoms with Crippen molar-refractivity contribution >= 4 is 23.2 Å². The van der Waals surface area contributed by atoms with Gasteiger partial charge < -0.3 is 15.4 Å². The summed E-state index contributed by atoms with van der Waals surface area (Å²) in [6, 6.07) is 6.22. The van der Waals surface area contributed by atoms with Crippen molar-refractivity contribution in [1.29, 1.82) is 0 Å². The van der Waals surface area contributed by atoms with Crippen molar-refractivity contribution in [2.24, 2.45) is 0 Å². The van der Waals surface area contributed by atoms with E-state index in [4.69, 9.17) is 16.3 Å². The zero-order valence-corrected chi connectivity index (χ0v) is 14.9. The molecular weight excluding hydrogens is 350 g/mol. The number of amides is 1. The van der Waals surface area contributed by atoms with Gasteiger partial charge in [0.25, 0.3) is 0 Å². The highest BCUT2D eigenvalue weighted by Crippen LogP contribution is 2.30. The lowest BCUT2D eigenvalue weighted by Crippen LogP contribution is -2.30. The Labute approximate surface area is 150 Å². The van der Waals surface area contributed by atoms with Gasteiger partial charge >= 0.3 is 0 Å². The van der Waals surface area contributed by atoms with Gasteiger partial charge in [0, 0.05) is 28.8 Å². The second kappa shape index (κ2) is 8.27. The van der Waals surface area contributed by atoms with E-state index in [2.05, 4.69) is 10.6 Å². The van der Waals surface area contributed by atoms with E-state index in [-0.39, 0.29) is 18.0 Å². The molecule has 0 heterocycles. The number of halogens is 3. The fraction of sp³-hybridized carbons (Fsp3) is 0.278. The number of benzene rings is 2. The molecular formula is C18H19ClF2N2O2. The second-order valence-electron chi connectivity index (χ2n) is 5.62. The molecule has 0 saturated carbocycles. The molecule has 0 aromatic heterocycles. The van der Waals surface area contributed by atoms with Gasteiger partial charge in [-0.05, 0) is 31.5 Å². The van der Waals surface area contributed by atoms with E-state index in [1.54, 1.807) is 19.1 Å². The highest BCUT2D eigenvalue weighted by molar-refractivity contribution is 6.31. The molecule has 0 bridgehead atoms. The molecule has 0 aliphatic carbocycles. The summed E-state index contributed by atoms with van der Waals surface area (Å²) in [5.74, 6) is -1.18. The zero-order chi connectivity index (χ0) is 18.6. The molecule has 0 unspecified atom stereocenters. The predicted molar refractivity (Wildman–Crippen MR) is 94.1 cm³/mol. The number of carbonyl (C=O) groups is 1. The monoisotopic (exact) mass is 368 g/mol. The van der Waals surface area contributed by atoms with Crippen LogP contribution in [0.4, 0.5) is 14.5 Å². The van der Waals surface area contributed by atoms with Crippen molar-refractivity contribution in [2.45, 2.75) is 19.9 Å². The van der Waals surface area contributed by atoms with Gasteiger partial charge in [-0.3, -0.25) is 4.79 Å². The topological polar surface area (TPSA) is 50.4 Å². The lowest BCUT2D eigenvalue weighted by molar-refractivity contribution is -0.115. The van der Waals surface area contributed by atoms with Crippen molar-refractivity contribution in [3.63, 3.8) is 0 Å². The molecule has 1 amide bonds. The van der Waals surface area contributed by atoms with Crippen LogP contribution in [0.3, 0.4) is 0 Å². The third kappa shape index (κ3) is 4.90. The predicted octanol–water partition coefficient (Wildman–Crippen LogP) is 4.22. The van der Waals surface area contributed by atoms with Crippen LogP contribution in [0.5, 0.6) is 5.75 Å². The fourth-order valence-corrected chi connectivity index (χ4v) is 2.49. The Bertz CT molecular complexity index is 784. The van der Waals surface area contributed by atoms with Gasteiger partial charge in [-0.2, -0.15) is 0 Å². The number of ether oxygens (including phenoxy) is 1. The minimum Gasteiger partial charge on any atom is -0.495 e. The zero-order valence-electron chi connectivity index (χ0n) is 14.1. The van der Waals surface area contributed by atoms with Gasteiger partial charge in [-0.1, -0.05) is 17.7 Å². The number of nitrogens with one attached hydrogen (secondary N) is 2. The Balaban J connectivity index is 2.00. The molecule has 0 radical (unpaired) electrons. The van der Waals surface area contributed by atoms with Crippen LogP contribution in [0.2, 0.25) is 5.02 Å². The first-order valence-corrected chi connectivity index (χ1v) is 8.02. The molecule has 0 aliphatic heterocycles. The van der Waals surface area contributed by atoms with E-state index in [1.807, 2.05) is 6.92 Å². The summed E-state index contributed by atoms with van der Waals surface area (Å²) in [5, 5.41) is 6.16. The maximum atomic E-state index is 13.7. The lowest BCUT2D eigenvalue weighted by Gasteiger charge is -2.16. The molecule has 2 aromatic rings. The highest BCUT2D eigenvalue weighted by atomic mass is 35.5. The van der Waals surface area contributed by atoms with E-state index in [0.717, 1.165) is 11.6 Å².